The number of aromatic hydroxyl groups is 1. The van der Waals surface area contributed by atoms with Gasteiger partial charge in [-0.3, -0.25) is 4.98 Å². The molecule has 0 bridgehead atoms. The van der Waals surface area contributed by atoms with E-state index in [1.807, 2.05) is 0 Å². The first-order valence-electron chi connectivity index (χ1n) is 10.6. The molecule has 2 N–H and O–H groups in total. The Labute approximate surface area is 166 Å². The van der Waals surface area contributed by atoms with Gasteiger partial charge in [0.2, 0.25) is 0 Å². The normalized spacial score (nSPS) is 12.5. The maximum atomic E-state index is 9.89. The van der Waals surface area contributed by atoms with Crippen LogP contribution in [-0.2, 0) is 6.54 Å². The Balaban J connectivity index is 2.03. The maximum absolute atomic E-state index is 9.89. The SMILES string of the molecule is C[N+](C)(CCO)CCCCCCCCCC[N+](C)(C)Cc1ncccc1O. The van der Waals surface area contributed by atoms with Crippen molar-refractivity contribution in [3.8, 4) is 5.75 Å². The first-order valence-corrected chi connectivity index (χ1v) is 10.6. The van der Waals surface area contributed by atoms with Crippen molar-refractivity contribution in [3.05, 3.63) is 24.0 Å². The number of quaternary nitrogens is 2. The van der Waals surface area contributed by atoms with Gasteiger partial charge in [0.05, 0.1) is 47.9 Å². The molecule has 0 unspecified atom stereocenters. The molecule has 0 saturated carbocycles. The summed E-state index contributed by atoms with van der Waals surface area (Å²) in [5, 5.41) is 18.9. The van der Waals surface area contributed by atoms with Crippen LogP contribution in [0.3, 0.4) is 0 Å². The van der Waals surface area contributed by atoms with Gasteiger partial charge in [-0.2, -0.15) is 0 Å². The van der Waals surface area contributed by atoms with Gasteiger partial charge >= 0.3 is 0 Å². The van der Waals surface area contributed by atoms with Gasteiger partial charge in [-0.1, -0.05) is 25.7 Å². The van der Waals surface area contributed by atoms with E-state index in [4.69, 9.17) is 5.11 Å². The first-order chi connectivity index (χ1) is 12.8. The second-order valence-corrected chi connectivity index (χ2v) is 9.22. The van der Waals surface area contributed by atoms with Crippen LogP contribution < -0.4 is 0 Å². The quantitative estimate of drug-likeness (QED) is 0.361. The van der Waals surface area contributed by atoms with Crippen molar-refractivity contribution >= 4 is 0 Å². The third kappa shape index (κ3) is 11.3. The molecule has 0 aliphatic carbocycles. The van der Waals surface area contributed by atoms with E-state index < -0.39 is 0 Å². The topological polar surface area (TPSA) is 53.4 Å². The molecular formula is C22H43N3O2+2. The number of likely N-dealkylation sites (N-methyl/N-ethyl adjacent to an activating group) is 1. The molecule has 0 aliphatic rings. The molecular weight excluding hydrogens is 338 g/mol. The van der Waals surface area contributed by atoms with E-state index >= 15 is 0 Å². The Hall–Kier alpha value is -1.17. The molecule has 27 heavy (non-hydrogen) atoms. The highest BCUT2D eigenvalue weighted by atomic mass is 16.3. The van der Waals surface area contributed by atoms with Crippen LogP contribution in [0.5, 0.6) is 5.75 Å². The number of nitrogens with zero attached hydrogens (tertiary/aromatic N) is 3. The molecule has 0 spiro atoms. The highest BCUT2D eigenvalue weighted by Gasteiger charge is 2.18. The molecule has 0 amide bonds. The van der Waals surface area contributed by atoms with Crippen LogP contribution in [0.25, 0.3) is 0 Å². The number of hydrogen-bond donors (Lipinski definition) is 2. The van der Waals surface area contributed by atoms with Gasteiger partial charge in [-0.15, -0.1) is 0 Å². The van der Waals surface area contributed by atoms with Crippen molar-refractivity contribution in [2.75, 3.05) is 54.4 Å². The van der Waals surface area contributed by atoms with E-state index in [1.54, 1.807) is 18.3 Å². The second kappa shape index (κ2) is 12.3. The first kappa shape index (κ1) is 23.9. The summed E-state index contributed by atoms with van der Waals surface area (Å²) in [7, 11) is 8.83. The minimum absolute atomic E-state index is 0.283. The highest BCUT2D eigenvalue weighted by Crippen LogP contribution is 2.18. The largest absolute Gasteiger partial charge is 0.506 e. The van der Waals surface area contributed by atoms with Gasteiger partial charge < -0.3 is 19.2 Å². The van der Waals surface area contributed by atoms with Gasteiger partial charge in [0.1, 0.15) is 24.5 Å². The molecule has 156 valence electrons. The summed E-state index contributed by atoms with van der Waals surface area (Å²) in [6.07, 6.45) is 12.2. The third-order valence-corrected chi connectivity index (χ3v) is 5.43. The number of rotatable bonds is 15. The van der Waals surface area contributed by atoms with E-state index in [0.29, 0.717) is 5.75 Å². The summed E-state index contributed by atoms with van der Waals surface area (Å²) in [4.78, 5) is 4.30. The summed E-state index contributed by atoms with van der Waals surface area (Å²) in [5.41, 5.74) is 0.795. The Bertz CT molecular complexity index is 518. The zero-order valence-electron chi connectivity index (χ0n) is 18.2. The van der Waals surface area contributed by atoms with Crippen LogP contribution >= 0.6 is 0 Å². The predicted octanol–water partition coefficient (Wildman–Crippen LogP) is 3.55. The molecule has 1 aromatic rings. The van der Waals surface area contributed by atoms with Gasteiger partial charge in [0, 0.05) is 6.20 Å². The second-order valence-electron chi connectivity index (χ2n) is 9.22. The van der Waals surface area contributed by atoms with Crippen LogP contribution in [0.1, 0.15) is 57.1 Å². The molecule has 1 heterocycles. The number of pyridine rings is 1. The van der Waals surface area contributed by atoms with Crippen molar-refractivity contribution in [2.45, 2.75) is 57.9 Å². The Morgan fingerprint density at radius 2 is 1.30 bits per heavy atom. The Morgan fingerprint density at radius 3 is 1.81 bits per heavy atom. The van der Waals surface area contributed by atoms with Crippen LogP contribution in [-0.4, -0.2) is 78.6 Å². The fraction of sp³-hybridized carbons (Fsp3) is 0.773. The van der Waals surface area contributed by atoms with Crippen molar-refractivity contribution in [2.24, 2.45) is 0 Å². The van der Waals surface area contributed by atoms with Gasteiger partial charge in [0.25, 0.3) is 0 Å². The molecule has 0 radical (unpaired) electrons. The molecule has 5 nitrogen and oxygen atoms in total. The Kier molecular flexibility index (Phi) is 10.9. The zero-order valence-corrected chi connectivity index (χ0v) is 18.2. The number of aliphatic hydroxyl groups excluding tert-OH is 1. The summed E-state index contributed by atoms with van der Waals surface area (Å²) in [5.74, 6) is 0.308. The molecule has 1 aromatic heterocycles. The molecule has 0 atom stereocenters. The molecule has 1 rings (SSSR count). The molecule has 0 fully saturated rings. The average molecular weight is 382 g/mol. The monoisotopic (exact) mass is 381 g/mol. The minimum Gasteiger partial charge on any atom is -0.506 e. The summed E-state index contributed by atoms with van der Waals surface area (Å²) >= 11 is 0. The van der Waals surface area contributed by atoms with Crippen molar-refractivity contribution in [1.82, 2.24) is 4.98 Å². The minimum atomic E-state index is 0.283. The maximum Gasteiger partial charge on any atom is 0.142 e. The molecule has 0 aliphatic heterocycles. The van der Waals surface area contributed by atoms with Gasteiger partial charge in [-0.25, -0.2) is 0 Å². The molecule has 0 aromatic carbocycles. The standard InChI is InChI=1S/C22H42N3O2/c1-24(2,18-19-26)16-11-9-7-5-6-8-10-12-17-25(3,4)20-21-22(27)14-13-15-23-21/h13-15,26H,5-12,16-20H2,1-4H3/q+1/p+1. The van der Waals surface area contributed by atoms with E-state index in [2.05, 4.69) is 33.2 Å². The molecule has 5 heteroatoms. The zero-order chi connectivity index (χ0) is 20.2. The van der Waals surface area contributed by atoms with Crippen LogP contribution in [0.15, 0.2) is 18.3 Å². The van der Waals surface area contributed by atoms with E-state index in [9.17, 15) is 5.11 Å². The fourth-order valence-electron chi connectivity index (χ4n) is 3.56. The van der Waals surface area contributed by atoms with E-state index in [1.165, 1.54) is 57.9 Å². The average Bonchev–Trinajstić information content (AvgIpc) is 2.58. The van der Waals surface area contributed by atoms with Crippen molar-refractivity contribution in [3.63, 3.8) is 0 Å². The fourth-order valence-corrected chi connectivity index (χ4v) is 3.56. The lowest BCUT2D eigenvalue weighted by Gasteiger charge is -2.29. The van der Waals surface area contributed by atoms with Crippen LogP contribution in [0, 0.1) is 0 Å². The smallest absolute Gasteiger partial charge is 0.142 e. The van der Waals surface area contributed by atoms with E-state index in [-0.39, 0.29) is 6.61 Å². The number of unbranched alkanes of at least 4 members (excludes halogenated alkanes) is 7. The van der Waals surface area contributed by atoms with Crippen molar-refractivity contribution in [1.29, 1.82) is 0 Å². The Morgan fingerprint density at radius 1 is 0.778 bits per heavy atom. The summed E-state index contributed by atoms with van der Waals surface area (Å²) in [6.45, 7) is 4.20. The number of aliphatic hydroxyl groups is 1. The van der Waals surface area contributed by atoms with Crippen LogP contribution in [0.4, 0.5) is 0 Å². The van der Waals surface area contributed by atoms with Crippen LogP contribution in [0.2, 0.25) is 0 Å². The lowest BCUT2D eigenvalue weighted by atomic mass is 10.1. The number of hydrogen-bond acceptors (Lipinski definition) is 3. The number of aromatic nitrogens is 1. The van der Waals surface area contributed by atoms with E-state index in [0.717, 1.165) is 34.3 Å². The summed E-state index contributed by atoms with van der Waals surface area (Å²) < 4.78 is 1.80. The lowest BCUT2D eigenvalue weighted by Crippen LogP contribution is -2.42. The summed E-state index contributed by atoms with van der Waals surface area (Å²) in [6, 6.07) is 3.49. The van der Waals surface area contributed by atoms with Gasteiger partial charge in [0.15, 0.2) is 0 Å². The predicted molar refractivity (Wildman–Crippen MR) is 112 cm³/mol. The van der Waals surface area contributed by atoms with Gasteiger partial charge in [-0.05, 0) is 37.8 Å². The third-order valence-electron chi connectivity index (χ3n) is 5.43. The highest BCUT2D eigenvalue weighted by molar-refractivity contribution is 5.23. The lowest BCUT2D eigenvalue weighted by molar-refractivity contribution is -0.904. The molecule has 0 saturated heterocycles. The van der Waals surface area contributed by atoms with Crippen molar-refractivity contribution < 1.29 is 19.2 Å².